The normalized spacial score (nSPS) is 11.4. The molecule has 0 saturated carbocycles. The Labute approximate surface area is 166 Å². The summed E-state index contributed by atoms with van der Waals surface area (Å²) in [7, 11) is 5.73. The minimum Gasteiger partial charge on any atom is -0.497 e. The lowest BCUT2D eigenvalue weighted by atomic mass is 10.3. The maximum Gasteiger partial charge on any atom is 0.409 e. The van der Waals surface area contributed by atoms with E-state index in [9.17, 15) is 0 Å². The van der Waals surface area contributed by atoms with Gasteiger partial charge in [-0.15, -0.1) is 0 Å². The largest absolute Gasteiger partial charge is 0.497 e. The van der Waals surface area contributed by atoms with Crippen molar-refractivity contribution in [1.82, 2.24) is 0 Å². The summed E-state index contributed by atoms with van der Waals surface area (Å²) in [5, 5.41) is 10.8. The molecule has 0 bridgehead atoms. The molecule has 5 nitrogen and oxygen atoms in total. The Bertz CT molecular complexity index is 906. The molecule has 0 atom stereocenters. The quantitative estimate of drug-likeness (QED) is 0.281. The van der Waals surface area contributed by atoms with Crippen molar-refractivity contribution in [3.05, 3.63) is 42.5 Å². The van der Waals surface area contributed by atoms with Gasteiger partial charge >= 0.3 is 5.13 Å². The lowest BCUT2D eigenvalue weighted by Crippen LogP contribution is -2.32. The number of benzene rings is 2. The van der Waals surface area contributed by atoms with Crippen LogP contribution in [0.3, 0.4) is 0 Å². The summed E-state index contributed by atoms with van der Waals surface area (Å²) in [6.45, 7) is 0.894. The summed E-state index contributed by atoms with van der Waals surface area (Å²) < 4.78 is 8.71. The van der Waals surface area contributed by atoms with E-state index in [4.69, 9.17) is 4.74 Å². The van der Waals surface area contributed by atoms with Crippen molar-refractivity contribution in [2.75, 3.05) is 31.4 Å². The van der Waals surface area contributed by atoms with Crippen LogP contribution in [0.4, 0.5) is 16.5 Å². The van der Waals surface area contributed by atoms with Gasteiger partial charge in [-0.3, -0.25) is 0 Å². The second kappa shape index (κ2) is 8.60. The van der Waals surface area contributed by atoms with Gasteiger partial charge in [0.2, 0.25) is 0 Å². The topological polar surface area (TPSA) is 41.1 Å². The summed E-state index contributed by atoms with van der Waals surface area (Å²) >= 11 is 5.14. The Morgan fingerprint density at radius 1 is 1.12 bits per heavy atom. The number of ether oxygens (including phenoxy) is 1. The monoisotopic (exact) mass is 433 g/mol. The standard InChI is InChI=1S/C19H22BrN4OS/c1-23(2)15-7-5-14(6-8-15)21-22-19-24(12-4-11-20)17-10-9-16(25-3)13-18(17)26-19/h5-10,13H,4,11-12H2,1-3H3/q+1. The SMILES string of the molecule is COc1ccc2c(c1)sc(/N=N/c1ccc(N(C)C)cc1)[n+]2CCCBr. The molecular weight excluding hydrogens is 412 g/mol. The van der Waals surface area contributed by atoms with E-state index in [1.165, 1.54) is 0 Å². The summed E-state index contributed by atoms with van der Waals surface area (Å²) in [6, 6.07) is 14.2. The van der Waals surface area contributed by atoms with Crippen molar-refractivity contribution in [2.45, 2.75) is 13.0 Å². The van der Waals surface area contributed by atoms with Crippen molar-refractivity contribution < 1.29 is 9.30 Å². The lowest BCUT2D eigenvalue weighted by molar-refractivity contribution is -0.654. The lowest BCUT2D eigenvalue weighted by Gasteiger charge is -2.11. The molecule has 0 N–H and O–H groups in total. The number of rotatable bonds is 7. The number of aromatic nitrogens is 1. The number of hydrogen-bond acceptors (Lipinski definition) is 5. The van der Waals surface area contributed by atoms with Crippen LogP contribution in [0.15, 0.2) is 52.7 Å². The third-order valence-electron chi connectivity index (χ3n) is 4.02. The number of aryl methyl sites for hydroxylation is 1. The van der Waals surface area contributed by atoms with Gasteiger partial charge in [0, 0.05) is 31.2 Å². The molecule has 0 saturated heterocycles. The van der Waals surface area contributed by atoms with Crippen molar-refractivity contribution >= 4 is 54.0 Å². The first-order valence-corrected chi connectivity index (χ1v) is 10.3. The van der Waals surface area contributed by atoms with E-state index >= 15 is 0 Å². The minimum absolute atomic E-state index is 0.845. The number of fused-ring (bicyclic) bond motifs is 1. The van der Waals surface area contributed by atoms with Crippen LogP contribution in [-0.2, 0) is 6.54 Å². The highest BCUT2D eigenvalue weighted by atomic mass is 79.9. The van der Waals surface area contributed by atoms with Gasteiger partial charge in [0.1, 0.15) is 17.0 Å². The minimum atomic E-state index is 0.845. The molecule has 3 aromatic rings. The maximum atomic E-state index is 5.34. The summed E-state index contributed by atoms with van der Waals surface area (Å²) in [5.74, 6) is 0.856. The molecule has 136 valence electrons. The second-order valence-corrected chi connectivity index (χ2v) is 7.83. The first kappa shape index (κ1) is 18.8. The van der Waals surface area contributed by atoms with Crippen LogP contribution in [0.1, 0.15) is 6.42 Å². The number of hydrogen-bond donors (Lipinski definition) is 0. The molecule has 0 fully saturated rings. The van der Waals surface area contributed by atoms with Gasteiger partial charge in [0.25, 0.3) is 0 Å². The molecule has 1 heterocycles. The van der Waals surface area contributed by atoms with E-state index < -0.39 is 0 Å². The Hall–Kier alpha value is -1.99. The molecule has 0 amide bonds. The van der Waals surface area contributed by atoms with Gasteiger partial charge in [-0.2, -0.15) is 0 Å². The number of anilines is 1. The molecule has 2 aromatic carbocycles. The fraction of sp³-hybridized carbons (Fsp3) is 0.316. The van der Waals surface area contributed by atoms with Gasteiger partial charge in [0.05, 0.1) is 23.5 Å². The zero-order chi connectivity index (χ0) is 18.5. The van der Waals surface area contributed by atoms with E-state index in [2.05, 4.69) is 47.8 Å². The van der Waals surface area contributed by atoms with Crippen molar-refractivity contribution in [3.63, 3.8) is 0 Å². The van der Waals surface area contributed by atoms with E-state index in [-0.39, 0.29) is 0 Å². The van der Waals surface area contributed by atoms with E-state index in [1.54, 1.807) is 18.4 Å². The molecular formula is C19H22BrN4OS+. The Morgan fingerprint density at radius 3 is 2.54 bits per heavy atom. The zero-order valence-electron chi connectivity index (χ0n) is 15.1. The Balaban J connectivity index is 1.94. The smallest absolute Gasteiger partial charge is 0.409 e. The highest BCUT2D eigenvalue weighted by Gasteiger charge is 2.19. The second-order valence-electron chi connectivity index (χ2n) is 6.02. The van der Waals surface area contributed by atoms with Crippen LogP contribution in [0.5, 0.6) is 5.75 Å². The number of alkyl halides is 1. The average Bonchev–Trinajstić information content (AvgIpc) is 3.01. The van der Waals surface area contributed by atoms with Gasteiger partial charge in [-0.25, -0.2) is 4.57 Å². The van der Waals surface area contributed by atoms with Gasteiger partial charge < -0.3 is 9.64 Å². The highest BCUT2D eigenvalue weighted by Crippen LogP contribution is 2.31. The molecule has 1 aromatic heterocycles. The molecule has 0 aliphatic carbocycles. The number of methoxy groups -OCH3 is 1. The highest BCUT2D eigenvalue weighted by molar-refractivity contribution is 9.09. The summed E-state index contributed by atoms with van der Waals surface area (Å²) in [4.78, 5) is 2.06. The molecule has 3 rings (SSSR count). The summed E-state index contributed by atoms with van der Waals surface area (Å²) in [5.41, 5.74) is 3.15. The first-order chi connectivity index (χ1) is 12.6. The van der Waals surface area contributed by atoms with Crippen LogP contribution in [0.25, 0.3) is 10.2 Å². The van der Waals surface area contributed by atoms with Gasteiger partial charge in [-0.05, 0) is 59.3 Å². The third kappa shape index (κ3) is 4.22. The molecule has 7 heteroatoms. The van der Waals surface area contributed by atoms with Crippen LogP contribution >= 0.6 is 27.3 Å². The summed E-state index contributed by atoms with van der Waals surface area (Å²) in [6.07, 6.45) is 1.03. The Morgan fingerprint density at radius 2 is 1.88 bits per heavy atom. The van der Waals surface area contributed by atoms with Crippen LogP contribution in [0.2, 0.25) is 0 Å². The first-order valence-electron chi connectivity index (χ1n) is 8.38. The van der Waals surface area contributed by atoms with Crippen LogP contribution in [0, 0.1) is 0 Å². The third-order valence-corrected chi connectivity index (χ3v) is 5.61. The molecule has 0 spiro atoms. The van der Waals surface area contributed by atoms with Crippen molar-refractivity contribution in [2.24, 2.45) is 10.2 Å². The molecule has 0 aliphatic rings. The zero-order valence-corrected chi connectivity index (χ0v) is 17.5. The van der Waals surface area contributed by atoms with E-state index in [0.29, 0.717) is 0 Å². The van der Waals surface area contributed by atoms with Gasteiger partial charge in [-0.1, -0.05) is 15.9 Å². The fourth-order valence-corrected chi connectivity index (χ4v) is 3.90. The maximum absolute atomic E-state index is 5.34. The molecule has 0 aliphatic heterocycles. The molecule has 26 heavy (non-hydrogen) atoms. The van der Waals surface area contributed by atoms with Crippen LogP contribution in [-0.4, -0.2) is 26.5 Å². The predicted molar refractivity (Wildman–Crippen MR) is 112 cm³/mol. The van der Waals surface area contributed by atoms with E-state index in [0.717, 1.165) is 50.8 Å². The van der Waals surface area contributed by atoms with Crippen molar-refractivity contribution in [1.29, 1.82) is 0 Å². The van der Waals surface area contributed by atoms with Gasteiger partial charge in [0.15, 0.2) is 0 Å². The number of halogens is 1. The van der Waals surface area contributed by atoms with Crippen molar-refractivity contribution in [3.8, 4) is 5.75 Å². The van der Waals surface area contributed by atoms with Crippen LogP contribution < -0.4 is 14.2 Å². The molecule has 0 radical (unpaired) electrons. The molecule has 0 unspecified atom stereocenters. The number of azo groups is 1. The predicted octanol–water partition coefficient (Wildman–Crippen LogP) is 5.46. The Kier molecular flexibility index (Phi) is 6.21. The van der Waals surface area contributed by atoms with E-state index in [1.807, 2.05) is 44.4 Å². The average molecular weight is 434 g/mol. The number of thiazole rings is 1. The fourth-order valence-electron chi connectivity index (χ4n) is 2.61. The number of nitrogens with zero attached hydrogens (tertiary/aromatic N) is 4.